The highest BCUT2D eigenvalue weighted by atomic mass is 32.2. The van der Waals surface area contributed by atoms with Gasteiger partial charge in [0.05, 0.1) is 19.8 Å². The number of thioether (sulfide) groups is 1. The van der Waals surface area contributed by atoms with E-state index < -0.39 is 0 Å². The Morgan fingerprint density at radius 2 is 2.09 bits per heavy atom. The first-order valence-electron chi connectivity index (χ1n) is 7.44. The molecule has 1 aliphatic rings. The molecule has 0 spiro atoms. The number of hydrogen-bond donors (Lipinski definition) is 1. The fraction of sp³-hybridized carbons (Fsp3) is 0.562. The Labute approximate surface area is 135 Å². The highest BCUT2D eigenvalue weighted by Gasteiger charge is 2.15. The van der Waals surface area contributed by atoms with Crippen molar-refractivity contribution in [1.29, 1.82) is 0 Å². The third-order valence-electron chi connectivity index (χ3n) is 3.56. The summed E-state index contributed by atoms with van der Waals surface area (Å²) in [5, 5.41) is 3.59. The summed E-state index contributed by atoms with van der Waals surface area (Å²) >= 11 is 1.90. The van der Waals surface area contributed by atoms with Crippen molar-refractivity contribution in [2.45, 2.75) is 18.1 Å². The number of carbonyl (C=O) groups is 1. The maximum absolute atomic E-state index is 12.2. The monoisotopic (exact) mass is 325 g/mol. The van der Waals surface area contributed by atoms with Gasteiger partial charge in [0, 0.05) is 36.8 Å². The highest BCUT2D eigenvalue weighted by molar-refractivity contribution is 7.99. The van der Waals surface area contributed by atoms with Crippen LogP contribution >= 0.6 is 11.8 Å². The number of nitrogens with one attached hydrogen (secondary N) is 1. The van der Waals surface area contributed by atoms with E-state index in [2.05, 4.69) is 5.32 Å². The quantitative estimate of drug-likeness (QED) is 0.780. The van der Waals surface area contributed by atoms with E-state index in [4.69, 9.17) is 14.2 Å². The maximum Gasteiger partial charge on any atom is 0.255 e. The summed E-state index contributed by atoms with van der Waals surface area (Å²) in [7, 11) is 3.13. The number of rotatable bonds is 7. The molecule has 122 valence electrons. The molecule has 22 heavy (non-hydrogen) atoms. The zero-order valence-electron chi connectivity index (χ0n) is 13.1. The maximum atomic E-state index is 12.2. The normalized spacial score (nSPS) is 15.4. The number of methoxy groups -OCH3 is 2. The predicted molar refractivity (Wildman–Crippen MR) is 88.2 cm³/mol. The van der Waals surface area contributed by atoms with Crippen molar-refractivity contribution in [2.24, 2.45) is 0 Å². The minimum absolute atomic E-state index is 0.118. The third kappa shape index (κ3) is 4.81. The van der Waals surface area contributed by atoms with Gasteiger partial charge in [-0.3, -0.25) is 4.79 Å². The number of benzene rings is 1. The molecule has 1 saturated heterocycles. The van der Waals surface area contributed by atoms with Gasteiger partial charge in [-0.15, -0.1) is 0 Å². The van der Waals surface area contributed by atoms with E-state index in [1.165, 1.54) is 0 Å². The Morgan fingerprint density at radius 3 is 2.77 bits per heavy atom. The molecule has 5 nitrogen and oxygen atoms in total. The molecule has 0 radical (unpaired) electrons. The average Bonchev–Trinajstić information content (AvgIpc) is 2.58. The summed E-state index contributed by atoms with van der Waals surface area (Å²) in [6, 6.07) is 5.19. The molecule has 0 saturated carbocycles. The fourth-order valence-electron chi connectivity index (χ4n) is 2.31. The van der Waals surface area contributed by atoms with Gasteiger partial charge in [-0.2, -0.15) is 11.8 Å². The molecule has 1 N–H and O–H groups in total. The third-order valence-corrected chi connectivity index (χ3v) is 4.95. The SMILES string of the molecule is COc1ccc(C(=O)NCCSC2CCOCC2)c(OC)c1. The molecule has 6 heteroatoms. The Hall–Kier alpha value is -1.40. The molecule has 0 atom stereocenters. The molecular weight excluding hydrogens is 302 g/mol. The van der Waals surface area contributed by atoms with Crippen molar-refractivity contribution < 1.29 is 19.0 Å². The van der Waals surface area contributed by atoms with Gasteiger partial charge in [0.2, 0.25) is 0 Å². The van der Waals surface area contributed by atoms with Gasteiger partial charge in [0.15, 0.2) is 0 Å². The van der Waals surface area contributed by atoms with Gasteiger partial charge >= 0.3 is 0 Å². The van der Waals surface area contributed by atoms with Crippen LogP contribution < -0.4 is 14.8 Å². The smallest absolute Gasteiger partial charge is 0.255 e. The van der Waals surface area contributed by atoms with Crippen molar-refractivity contribution in [3.8, 4) is 11.5 Å². The topological polar surface area (TPSA) is 56.8 Å². The molecule has 2 rings (SSSR count). The summed E-state index contributed by atoms with van der Waals surface area (Å²) in [5.74, 6) is 1.99. The lowest BCUT2D eigenvalue weighted by molar-refractivity contribution is 0.0952. The summed E-state index contributed by atoms with van der Waals surface area (Å²) < 4.78 is 15.7. The molecule has 1 aliphatic heterocycles. The standard InChI is InChI=1S/C16H23NO4S/c1-19-12-3-4-14(15(11-12)20-2)16(18)17-7-10-22-13-5-8-21-9-6-13/h3-4,11,13H,5-10H2,1-2H3,(H,17,18). The molecule has 1 aromatic carbocycles. The Morgan fingerprint density at radius 1 is 1.32 bits per heavy atom. The predicted octanol–water partition coefficient (Wildman–Crippen LogP) is 2.35. The van der Waals surface area contributed by atoms with Crippen LogP contribution in [0.2, 0.25) is 0 Å². The number of hydrogen-bond acceptors (Lipinski definition) is 5. The molecule has 1 aromatic rings. The molecule has 0 aliphatic carbocycles. The average molecular weight is 325 g/mol. The zero-order valence-corrected chi connectivity index (χ0v) is 13.9. The van der Waals surface area contributed by atoms with Crippen LogP contribution in [0.15, 0.2) is 18.2 Å². The first-order valence-corrected chi connectivity index (χ1v) is 8.49. The summed E-state index contributed by atoms with van der Waals surface area (Å²) in [6.45, 7) is 2.36. The van der Waals surface area contributed by atoms with Crippen LogP contribution in [0.4, 0.5) is 0 Å². The fourth-order valence-corrected chi connectivity index (χ4v) is 3.39. The second kappa shape index (κ2) is 8.90. The molecule has 0 aromatic heterocycles. The van der Waals surface area contributed by atoms with E-state index in [0.29, 0.717) is 28.9 Å². The van der Waals surface area contributed by atoms with Gasteiger partial charge < -0.3 is 19.5 Å². The van der Waals surface area contributed by atoms with Crippen LogP contribution in [0.5, 0.6) is 11.5 Å². The van der Waals surface area contributed by atoms with Crippen LogP contribution in [0.3, 0.4) is 0 Å². The van der Waals surface area contributed by atoms with Crippen LogP contribution in [0.25, 0.3) is 0 Å². The molecule has 1 heterocycles. The first-order chi connectivity index (χ1) is 10.7. The van der Waals surface area contributed by atoms with Crippen molar-refractivity contribution >= 4 is 17.7 Å². The summed E-state index contributed by atoms with van der Waals surface area (Å²) in [5.41, 5.74) is 0.527. The zero-order chi connectivity index (χ0) is 15.8. The Balaban J connectivity index is 1.79. The van der Waals surface area contributed by atoms with Crippen LogP contribution in [-0.2, 0) is 4.74 Å². The van der Waals surface area contributed by atoms with Crippen LogP contribution in [0.1, 0.15) is 23.2 Å². The lowest BCUT2D eigenvalue weighted by Gasteiger charge is -2.21. The van der Waals surface area contributed by atoms with E-state index >= 15 is 0 Å². The lowest BCUT2D eigenvalue weighted by atomic mass is 10.2. The Kier molecular flexibility index (Phi) is 6.86. The van der Waals surface area contributed by atoms with E-state index in [-0.39, 0.29) is 5.91 Å². The molecular formula is C16H23NO4S. The minimum atomic E-state index is -0.118. The van der Waals surface area contributed by atoms with Crippen molar-refractivity contribution in [3.63, 3.8) is 0 Å². The molecule has 1 amide bonds. The van der Waals surface area contributed by atoms with E-state index in [1.807, 2.05) is 11.8 Å². The van der Waals surface area contributed by atoms with Gasteiger partial charge in [-0.25, -0.2) is 0 Å². The van der Waals surface area contributed by atoms with E-state index in [9.17, 15) is 4.79 Å². The first kappa shape index (κ1) is 17.0. The second-order valence-electron chi connectivity index (χ2n) is 5.00. The van der Waals surface area contributed by atoms with Gasteiger partial charge in [-0.05, 0) is 25.0 Å². The van der Waals surface area contributed by atoms with Crippen molar-refractivity contribution in [1.82, 2.24) is 5.32 Å². The number of amides is 1. The molecule has 0 unspecified atom stereocenters. The summed E-state index contributed by atoms with van der Waals surface area (Å²) in [4.78, 5) is 12.2. The molecule has 0 bridgehead atoms. The van der Waals surface area contributed by atoms with E-state index in [1.54, 1.807) is 32.4 Å². The Bertz CT molecular complexity index is 489. The van der Waals surface area contributed by atoms with Crippen LogP contribution in [-0.4, -0.2) is 50.9 Å². The van der Waals surface area contributed by atoms with Gasteiger partial charge in [0.1, 0.15) is 11.5 Å². The van der Waals surface area contributed by atoms with Gasteiger partial charge in [-0.1, -0.05) is 0 Å². The largest absolute Gasteiger partial charge is 0.497 e. The highest BCUT2D eigenvalue weighted by Crippen LogP contribution is 2.24. The summed E-state index contributed by atoms with van der Waals surface area (Å²) in [6.07, 6.45) is 2.20. The molecule has 1 fully saturated rings. The van der Waals surface area contributed by atoms with Gasteiger partial charge in [0.25, 0.3) is 5.91 Å². The van der Waals surface area contributed by atoms with Crippen molar-refractivity contribution in [2.75, 3.05) is 39.7 Å². The number of ether oxygens (including phenoxy) is 3. The minimum Gasteiger partial charge on any atom is -0.497 e. The van der Waals surface area contributed by atoms with Crippen LogP contribution in [0, 0.1) is 0 Å². The van der Waals surface area contributed by atoms with Crippen molar-refractivity contribution in [3.05, 3.63) is 23.8 Å². The second-order valence-corrected chi connectivity index (χ2v) is 6.41. The lowest BCUT2D eigenvalue weighted by Crippen LogP contribution is -2.27. The van der Waals surface area contributed by atoms with E-state index in [0.717, 1.165) is 31.8 Å². The number of carbonyl (C=O) groups excluding carboxylic acids is 1.